The highest BCUT2D eigenvalue weighted by atomic mass is 79.9. The number of anilines is 2. The van der Waals surface area contributed by atoms with Crippen LogP contribution in [0.25, 0.3) is 0 Å². The fourth-order valence-electron chi connectivity index (χ4n) is 1.70. The first-order chi connectivity index (χ1) is 10.1. The quantitative estimate of drug-likeness (QED) is 0.772. The van der Waals surface area contributed by atoms with E-state index in [4.69, 9.17) is 16.3 Å². The lowest BCUT2D eigenvalue weighted by molar-refractivity contribution is -0.119. The Bertz CT molecular complexity index is 614. The normalized spacial score (nSPS) is 10.4. The lowest BCUT2D eigenvalue weighted by atomic mass is 10.2. The molecule has 0 spiro atoms. The van der Waals surface area contributed by atoms with Crippen LogP contribution in [0.1, 0.15) is 4.88 Å². The average molecular weight is 390 g/mol. The zero-order valence-corrected chi connectivity index (χ0v) is 14.4. The van der Waals surface area contributed by atoms with Gasteiger partial charge in [-0.1, -0.05) is 17.7 Å². The summed E-state index contributed by atoms with van der Waals surface area (Å²) in [5, 5.41) is 6.06. The SMILES string of the molecule is COCC(=O)Nc1cccc(NCc2cc(Br)c(Cl)s2)c1. The Morgan fingerprint density at radius 2 is 2.14 bits per heavy atom. The summed E-state index contributed by atoms with van der Waals surface area (Å²) in [5.74, 6) is -0.177. The number of thiophene rings is 1. The molecule has 0 saturated carbocycles. The molecular weight excluding hydrogens is 376 g/mol. The third kappa shape index (κ3) is 5.00. The molecular formula is C14H14BrClN2O2S. The smallest absolute Gasteiger partial charge is 0.250 e. The van der Waals surface area contributed by atoms with Crippen molar-refractivity contribution in [2.45, 2.75) is 6.54 Å². The molecule has 0 unspecified atom stereocenters. The molecule has 0 aliphatic carbocycles. The van der Waals surface area contributed by atoms with Gasteiger partial charge in [0, 0.05) is 34.4 Å². The van der Waals surface area contributed by atoms with Gasteiger partial charge in [0.2, 0.25) is 5.91 Å². The van der Waals surface area contributed by atoms with Crippen molar-refractivity contribution in [2.24, 2.45) is 0 Å². The summed E-state index contributed by atoms with van der Waals surface area (Å²) in [7, 11) is 1.49. The highest BCUT2D eigenvalue weighted by Gasteiger charge is 2.05. The zero-order chi connectivity index (χ0) is 15.2. The molecule has 7 heteroatoms. The number of carbonyl (C=O) groups is 1. The Morgan fingerprint density at radius 3 is 2.81 bits per heavy atom. The van der Waals surface area contributed by atoms with Crippen molar-refractivity contribution >= 4 is 56.1 Å². The van der Waals surface area contributed by atoms with E-state index in [1.807, 2.05) is 30.3 Å². The zero-order valence-electron chi connectivity index (χ0n) is 11.3. The van der Waals surface area contributed by atoms with Crippen LogP contribution < -0.4 is 10.6 Å². The first kappa shape index (κ1) is 16.3. The molecule has 112 valence electrons. The van der Waals surface area contributed by atoms with Crippen molar-refractivity contribution < 1.29 is 9.53 Å². The number of hydrogen-bond donors (Lipinski definition) is 2. The van der Waals surface area contributed by atoms with Crippen molar-refractivity contribution in [3.05, 3.63) is 44.0 Å². The molecule has 2 N–H and O–H groups in total. The van der Waals surface area contributed by atoms with Gasteiger partial charge in [-0.15, -0.1) is 11.3 Å². The lowest BCUT2D eigenvalue weighted by Gasteiger charge is -2.08. The maximum absolute atomic E-state index is 11.5. The van der Waals surface area contributed by atoms with Crippen LogP contribution in [0, 0.1) is 0 Å². The van der Waals surface area contributed by atoms with Gasteiger partial charge in [-0.05, 0) is 40.2 Å². The molecule has 0 saturated heterocycles. The third-order valence-corrected chi connectivity index (χ3v) is 5.06. The lowest BCUT2D eigenvalue weighted by Crippen LogP contribution is -2.17. The van der Waals surface area contributed by atoms with Crippen LogP contribution in [0.2, 0.25) is 4.34 Å². The molecule has 1 aromatic carbocycles. The van der Waals surface area contributed by atoms with Gasteiger partial charge in [0.15, 0.2) is 0 Å². The van der Waals surface area contributed by atoms with Crippen molar-refractivity contribution in [1.29, 1.82) is 0 Å². The second-order valence-electron chi connectivity index (χ2n) is 4.25. The maximum Gasteiger partial charge on any atom is 0.250 e. The molecule has 2 rings (SSSR count). The van der Waals surface area contributed by atoms with Crippen LogP contribution in [0.3, 0.4) is 0 Å². The average Bonchev–Trinajstić information content (AvgIpc) is 2.76. The van der Waals surface area contributed by atoms with E-state index < -0.39 is 0 Å². The second-order valence-corrected chi connectivity index (χ2v) is 6.84. The third-order valence-electron chi connectivity index (χ3n) is 2.58. The standard InChI is InChI=1S/C14H14BrClN2O2S/c1-20-8-13(19)18-10-4-2-3-9(5-10)17-7-11-6-12(15)14(16)21-11/h2-6,17H,7-8H2,1H3,(H,18,19). The molecule has 0 aliphatic rings. The van der Waals surface area contributed by atoms with Crippen LogP contribution >= 0.6 is 38.9 Å². The molecule has 1 amide bonds. The van der Waals surface area contributed by atoms with Crippen LogP contribution in [-0.2, 0) is 16.1 Å². The highest BCUT2D eigenvalue weighted by molar-refractivity contribution is 9.10. The molecule has 0 atom stereocenters. The van der Waals surface area contributed by atoms with E-state index in [1.54, 1.807) is 0 Å². The number of methoxy groups -OCH3 is 1. The monoisotopic (exact) mass is 388 g/mol. The summed E-state index contributed by atoms with van der Waals surface area (Å²) in [6.45, 7) is 0.713. The number of nitrogens with one attached hydrogen (secondary N) is 2. The summed E-state index contributed by atoms with van der Waals surface area (Å²) in [6, 6.07) is 9.51. The Balaban J connectivity index is 1.96. The van der Waals surface area contributed by atoms with E-state index in [-0.39, 0.29) is 12.5 Å². The first-order valence-corrected chi connectivity index (χ1v) is 8.13. The molecule has 2 aromatic rings. The number of benzene rings is 1. The van der Waals surface area contributed by atoms with Crippen molar-refractivity contribution in [3.63, 3.8) is 0 Å². The van der Waals surface area contributed by atoms with Gasteiger partial charge >= 0.3 is 0 Å². The maximum atomic E-state index is 11.5. The van der Waals surface area contributed by atoms with Crippen LogP contribution in [0.15, 0.2) is 34.8 Å². The number of rotatable bonds is 6. The van der Waals surface area contributed by atoms with E-state index in [1.165, 1.54) is 18.4 Å². The molecule has 21 heavy (non-hydrogen) atoms. The Hall–Kier alpha value is -1.08. The number of ether oxygens (including phenoxy) is 1. The largest absolute Gasteiger partial charge is 0.380 e. The van der Waals surface area contributed by atoms with Gasteiger partial charge in [-0.25, -0.2) is 0 Å². The summed E-state index contributed by atoms with van der Waals surface area (Å²) >= 11 is 10.9. The molecule has 0 fully saturated rings. The minimum atomic E-state index is -0.177. The van der Waals surface area contributed by atoms with E-state index in [0.717, 1.165) is 25.1 Å². The van der Waals surface area contributed by atoms with E-state index >= 15 is 0 Å². The first-order valence-electron chi connectivity index (χ1n) is 6.15. The van der Waals surface area contributed by atoms with E-state index in [2.05, 4.69) is 26.6 Å². The van der Waals surface area contributed by atoms with Crippen molar-refractivity contribution in [2.75, 3.05) is 24.4 Å². The molecule has 0 radical (unpaired) electrons. The van der Waals surface area contributed by atoms with Gasteiger partial charge in [0.1, 0.15) is 10.9 Å². The van der Waals surface area contributed by atoms with Crippen LogP contribution in [0.5, 0.6) is 0 Å². The number of carbonyl (C=O) groups excluding carboxylic acids is 1. The van der Waals surface area contributed by atoms with Gasteiger partial charge < -0.3 is 15.4 Å². The molecule has 1 heterocycles. The number of hydrogen-bond acceptors (Lipinski definition) is 4. The molecule has 4 nitrogen and oxygen atoms in total. The Morgan fingerprint density at radius 1 is 1.38 bits per heavy atom. The second kappa shape index (κ2) is 7.79. The van der Waals surface area contributed by atoms with Crippen LogP contribution in [-0.4, -0.2) is 19.6 Å². The van der Waals surface area contributed by atoms with Crippen molar-refractivity contribution in [1.82, 2.24) is 0 Å². The predicted molar refractivity (Wildman–Crippen MR) is 91.3 cm³/mol. The topological polar surface area (TPSA) is 50.4 Å². The molecule has 0 bridgehead atoms. The van der Waals surface area contributed by atoms with E-state index in [0.29, 0.717) is 6.54 Å². The summed E-state index contributed by atoms with van der Waals surface area (Å²) in [4.78, 5) is 12.6. The van der Waals surface area contributed by atoms with E-state index in [9.17, 15) is 4.79 Å². The van der Waals surface area contributed by atoms with Crippen LogP contribution in [0.4, 0.5) is 11.4 Å². The minimum absolute atomic E-state index is 0.0410. The van der Waals surface area contributed by atoms with Gasteiger partial charge in [0.05, 0.1) is 0 Å². The highest BCUT2D eigenvalue weighted by Crippen LogP contribution is 2.32. The summed E-state index contributed by atoms with van der Waals surface area (Å²) in [5.41, 5.74) is 1.65. The Labute approximate surface area is 140 Å². The van der Waals surface area contributed by atoms with Gasteiger partial charge in [0.25, 0.3) is 0 Å². The number of halogens is 2. The predicted octanol–water partition coefficient (Wildman–Crippen LogP) is 4.36. The Kier molecular flexibility index (Phi) is 6.05. The summed E-state index contributed by atoms with van der Waals surface area (Å²) < 4.78 is 6.43. The molecule has 1 aromatic heterocycles. The fraction of sp³-hybridized carbons (Fsp3) is 0.214. The van der Waals surface area contributed by atoms with Gasteiger partial charge in [-0.3, -0.25) is 4.79 Å². The molecule has 0 aliphatic heterocycles. The van der Waals surface area contributed by atoms with Crippen molar-refractivity contribution in [3.8, 4) is 0 Å². The fourth-order valence-corrected chi connectivity index (χ4v) is 3.43. The summed E-state index contributed by atoms with van der Waals surface area (Å²) in [6.07, 6.45) is 0. The number of amides is 1. The van der Waals surface area contributed by atoms with Gasteiger partial charge in [-0.2, -0.15) is 0 Å². The minimum Gasteiger partial charge on any atom is -0.380 e.